The van der Waals surface area contributed by atoms with Gasteiger partial charge in [-0.1, -0.05) is 6.42 Å². The van der Waals surface area contributed by atoms with Crippen LogP contribution in [0.5, 0.6) is 0 Å². The summed E-state index contributed by atoms with van der Waals surface area (Å²) in [6, 6.07) is 1.95. The summed E-state index contributed by atoms with van der Waals surface area (Å²) in [5, 5.41) is 7.54. The van der Waals surface area contributed by atoms with Gasteiger partial charge in [-0.05, 0) is 18.9 Å². The normalized spacial score (nSPS) is 16.9. The van der Waals surface area contributed by atoms with Crippen LogP contribution in [0, 0.1) is 0 Å². The first-order valence-electron chi connectivity index (χ1n) is 5.70. The molecule has 82 valence electrons. The zero-order valence-corrected chi connectivity index (χ0v) is 9.02. The predicted octanol–water partition coefficient (Wildman–Crippen LogP) is 1.45. The van der Waals surface area contributed by atoms with Gasteiger partial charge < -0.3 is 5.32 Å². The van der Waals surface area contributed by atoms with Crippen LogP contribution in [0.2, 0.25) is 0 Å². The molecule has 0 unspecified atom stereocenters. The zero-order valence-electron chi connectivity index (χ0n) is 9.02. The third kappa shape index (κ3) is 3.38. The van der Waals surface area contributed by atoms with E-state index in [-0.39, 0.29) is 0 Å². The summed E-state index contributed by atoms with van der Waals surface area (Å²) in [6.07, 6.45) is 8.73. The van der Waals surface area contributed by atoms with Gasteiger partial charge in [0.05, 0.1) is 12.4 Å². The van der Waals surface area contributed by atoms with Crippen LogP contribution in [-0.4, -0.2) is 28.7 Å². The SMILES string of the molecule is c1cnn(CCNC2=NCCCCC2)c1. The highest BCUT2D eigenvalue weighted by Gasteiger charge is 2.02. The van der Waals surface area contributed by atoms with E-state index in [1.807, 2.05) is 23.1 Å². The molecule has 0 amide bonds. The molecule has 1 aliphatic rings. The highest BCUT2D eigenvalue weighted by Crippen LogP contribution is 2.05. The molecule has 0 aliphatic carbocycles. The van der Waals surface area contributed by atoms with Gasteiger partial charge in [0.25, 0.3) is 0 Å². The molecule has 1 aliphatic heterocycles. The van der Waals surface area contributed by atoms with Crippen molar-refractivity contribution in [3.8, 4) is 0 Å². The van der Waals surface area contributed by atoms with E-state index in [0.29, 0.717) is 0 Å². The second kappa shape index (κ2) is 5.53. The number of nitrogens with zero attached hydrogens (tertiary/aromatic N) is 3. The number of hydrogen-bond acceptors (Lipinski definition) is 3. The maximum atomic E-state index is 4.52. The molecule has 0 fully saturated rings. The average Bonchev–Trinajstić information content (AvgIpc) is 2.62. The lowest BCUT2D eigenvalue weighted by molar-refractivity contribution is 0.600. The number of amidine groups is 1. The number of nitrogens with one attached hydrogen (secondary N) is 1. The lowest BCUT2D eigenvalue weighted by Gasteiger charge is -2.07. The Morgan fingerprint density at radius 3 is 3.20 bits per heavy atom. The molecule has 1 aromatic heterocycles. The van der Waals surface area contributed by atoms with Crippen LogP contribution < -0.4 is 5.32 Å². The van der Waals surface area contributed by atoms with Gasteiger partial charge in [0, 0.05) is 31.9 Å². The van der Waals surface area contributed by atoms with E-state index < -0.39 is 0 Å². The quantitative estimate of drug-likeness (QED) is 0.813. The molecular weight excluding hydrogens is 188 g/mol. The van der Waals surface area contributed by atoms with Crippen LogP contribution in [0.4, 0.5) is 0 Å². The second-order valence-corrected chi connectivity index (χ2v) is 3.83. The summed E-state index contributed by atoms with van der Waals surface area (Å²) < 4.78 is 1.93. The van der Waals surface area contributed by atoms with Gasteiger partial charge in [-0.15, -0.1) is 0 Å². The average molecular weight is 206 g/mol. The van der Waals surface area contributed by atoms with E-state index in [2.05, 4.69) is 15.4 Å². The van der Waals surface area contributed by atoms with Gasteiger partial charge in [-0.2, -0.15) is 5.10 Å². The first kappa shape index (κ1) is 10.2. The number of hydrogen-bond donors (Lipinski definition) is 1. The third-order valence-corrected chi connectivity index (χ3v) is 2.60. The maximum absolute atomic E-state index is 4.52. The minimum atomic E-state index is 0.909. The van der Waals surface area contributed by atoms with Gasteiger partial charge in [-0.25, -0.2) is 0 Å². The molecule has 2 rings (SSSR count). The van der Waals surface area contributed by atoms with E-state index in [4.69, 9.17) is 0 Å². The summed E-state index contributed by atoms with van der Waals surface area (Å²) in [5.74, 6) is 1.18. The monoisotopic (exact) mass is 206 g/mol. The van der Waals surface area contributed by atoms with Crippen molar-refractivity contribution in [3.63, 3.8) is 0 Å². The van der Waals surface area contributed by atoms with Crippen LogP contribution in [0.3, 0.4) is 0 Å². The molecule has 0 atom stereocenters. The largest absolute Gasteiger partial charge is 0.372 e. The fraction of sp³-hybridized carbons (Fsp3) is 0.636. The van der Waals surface area contributed by atoms with E-state index in [1.165, 1.54) is 25.1 Å². The molecule has 0 bridgehead atoms. The van der Waals surface area contributed by atoms with E-state index in [0.717, 1.165) is 26.1 Å². The molecule has 4 heteroatoms. The standard InChI is InChI=1S/C11H18N4/c1-2-5-11(12-6-3-1)13-8-10-15-9-4-7-14-15/h4,7,9H,1-3,5-6,8,10H2,(H,12,13). The van der Waals surface area contributed by atoms with Crippen molar-refractivity contribution in [3.05, 3.63) is 18.5 Å². The summed E-state index contributed by atoms with van der Waals surface area (Å²) in [6.45, 7) is 2.82. The highest BCUT2D eigenvalue weighted by atomic mass is 15.3. The summed E-state index contributed by atoms with van der Waals surface area (Å²) >= 11 is 0. The van der Waals surface area contributed by atoms with Crippen molar-refractivity contribution in [2.24, 2.45) is 4.99 Å². The molecule has 0 spiro atoms. The lowest BCUT2D eigenvalue weighted by atomic mass is 10.2. The Morgan fingerprint density at radius 1 is 1.33 bits per heavy atom. The summed E-state index contributed by atoms with van der Waals surface area (Å²) in [7, 11) is 0. The molecule has 15 heavy (non-hydrogen) atoms. The van der Waals surface area contributed by atoms with Gasteiger partial charge in [0.15, 0.2) is 0 Å². The Morgan fingerprint density at radius 2 is 2.33 bits per heavy atom. The number of rotatable bonds is 3. The molecule has 2 heterocycles. The zero-order chi connectivity index (χ0) is 10.3. The Bertz CT molecular complexity index is 302. The Hall–Kier alpha value is -1.32. The first-order valence-corrected chi connectivity index (χ1v) is 5.70. The smallest absolute Gasteiger partial charge is 0.0963 e. The lowest BCUT2D eigenvalue weighted by Crippen LogP contribution is -2.27. The Labute approximate surface area is 90.4 Å². The Balaban J connectivity index is 1.70. The molecule has 4 nitrogen and oxygen atoms in total. The van der Waals surface area contributed by atoms with Gasteiger partial charge in [-0.3, -0.25) is 9.67 Å². The summed E-state index contributed by atoms with van der Waals surface area (Å²) in [4.78, 5) is 4.52. The number of aliphatic imine (C=N–C) groups is 1. The fourth-order valence-corrected chi connectivity index (χ4v) is 1.77. The highest BCUT2D eigenvalue weighted by molar-refractivity contribution is 5.82. The van der Waals surface area contributed by atoms with Crippen LogP contribution in [0.25, 0.3) is 0 Å². The molecule has 1 N–H and O–H groups in total. The van der Waals surface area contributed by atoms with Crippen molar-refractivity contribution < 1.29 is 0 Å². The van der Waals surface area contributed by atoms with Crippen molar-refractivity contribution in [1.82, 2.24) is 15.1 Å². The molecule has 1 aromatic rings. The minimum Gasteiger partial charge on any atom is -0.372 e. The molecule has 0 saturated heterocycles. The van der Waals surface area contributed by atoms with Gasteiger partial charge >= 0.3 is 0 Å². The fourth-order valence-electron chi connectivity index (χ4n) is 1.77. The van der Waals surface area contributed by atoms with Gasteiger partial charge in [0.2, 0.25) is 0 Å². The van der Waals surface area contributed by atoms with Crippen LogP contribution >= 0.6 is 0 Å². The van der Waals surface area contributed by atoms with E-state index in [1.54, 1.807) is 0 Å². The maximum Gasteiger partial charge on any atom is 0.0963 e. The van der Waals surface area contributed by atoms with Crippen LogP contribution in [0.15, 0.2) is 23.5 Å². The van der Waals surface area contributed by atoms with Gasteiger partial charge in [0.1, 0.15) is 0 Å². The molecule has 0 aromatic carbocycles. The van der Waals surface area contributed by atoms with Crippen molar-refractivity contribution in [2.45, 2.75) is 32.2 Å². The molecule has 0 radical (unpaired) electrons. The van der Waals surface area contributed by atoms with E-state index >= 15 is 0 Å². The van der Waals surface area contributed by atoms with Crippen molar-refractivity contribution in [1.29, 1.82) is 0 Å². The topological polar surface area (TPSA) is 42.2 Å². The Kier molecular flexibility index (Phi) is 3.77. The first-order chi connectivity index (χ1) is 7.45. The summed E-state index contributed by atoms with van der Waals surface area (Å²) in [5.41, 5.74) is 0. The van der Waals surface area contributed by atoms with Crippen LogP contribution in [0.1, 0.15) is 25.7 Å². The van der Waals surface area contributed by atoms with E-state index in [9.17, 15) is 0 Å². The molecular formula is C11H18N4. The number of aromatic nitrogens is 2. The van der Waals surface area contributed by atoms with Crippen molar-refractivity contribution in [2.75, 3.05) is 13.1 Å². The third-order valence-electron chi connectivity index (χ3n) is 2.60. The predicted molar refractivity (Wildman–Crippen MR) is 61.0 cm³/mol. The molecule has 0 saturated carbocycles. The van der Waals surface area contributed by atoms with Crippen molar-refractivity contribution >= 4 is 5.84 Å². The van der Waals surface area contributed by atoms with Crippen LogP contribution in [-0.2, 0) is 6.54 Å². The minimum absolute atomic E-state index is 0.909. The second-order valence-electron chi connectivity index (χ2n) is 3.83.